The van der Waals surface area contributed by atoms with Crippen molar-refractivity contribution in [1.29, 1.82) is 0 Å². The van der Waals surface area contributed by atoms with Crippen LogP contribution in [0.5, 0.6) is 11.5 Å². The summed E-state index contributed by atoms with van der Waals surface area (Å²) in [5.41, 5.74) is 0.511. The van der Waals surface area contributed by atoms with Gasteiger partial charge in [-0.05, 0) is 35.9 Å². The highest BCUT2D eigenvalue weighted by Crippen LogP contribution is 2.54. The molecule has 2 aliphatic heterocycles. The fourth-order valence-electron chi connectivity index (χ4n) is 6.01. The molecule has 3 N–H and O–H groups in total. The summed E-state index contributed by atoms with van der Waals surface area (Å²) in [4.78, 5) is 30.2. The topological polar surface area (TPSA) is 132 Å². The van der Waals surface area contributed by atoms with Gasteiger partial charge in [0.1, 0.15) is 35.6 Å². The van der Waals surface area contributed by atoms with Gasteiger partial charge in [-0.15, -0.1) is 0 Å². The monoisotopic (exact) mass is 603 g/mol. The first kappa shape index (κ1) is 28.6. The first-order valence-corrected chi connectivity index (χ1v) is 14.5. The molecule has 0 aliphatic carbocycles. The number of benzene rings is 4. The van der Waals surface area contributed by atoms with Gasteiger partial charge in [0.25, 0.3) is 5.91 Å². The Kier molecular flexibility index (Phi) is 7.48. The second-order valence-corrected chi connectivity index (χ2v) is 10.8. The Morgan fingerprint density at radius 1 is 0.867 bits per heavy atom. The summed E-state index contributed by atoms with van der Waals surface area (Å²) in [5, 5.41) is 24.3. The Morgan fingerprint density at radius 2 is 1.47 bits per heavy atom. The van der Waals surface area contributed by atoms with Crippen LogP contribution in [0.3, 0.4) is 0 Å². The van der Waals surface area contributed by atoms with E-state index in [0.717, 1.165) is 5.56 Å². The molecule has 0 bridgehead atoms. The van der Waals surface area contributed by atoms with E-state index in [1.165, 1.54) is 16.8 Å². The third-order valence-electron chi connectivity index (χ3n) is 8.12. The molecule has 10 nitrogen and oxygen atoms in total. The first-order chi connectivity index (χ1) is 22.0. The molecule has 1 fully saturated rings. The molecule has 10 heteroatoms. The quantitative estimate of drug-likeness (QED) is 0.252. The van der Waals surface area contributed by atoms with E-state index in [-0.39, 0.29) is 5.82 Å². The van der Waals surface area contributed by atoms with Crippen molar-refractivity contribution in [2.45, 2.75) is 30.1 Å². The summed E-state index contributed by atoms with van der Waals surface area (Å²) in [6.07, 6.45) is -3.30. The van der Waals surface area contributed by atoms with Gasteiger partial charge in [-0.1, -0.05) is 84.9 Å². The SMILES string of the molecule is O=C(Nc1ccn([C@@H]2O[C@H](CO)[C@@H](O)[C@H]2OC2(c3ccccc3)c3ccccc3Oc3ccccc32)c(=O)n1)c1ccccc1. The van der Waals surface area contributed by atoms with Crippen molar-refractivity contribution in [2.75, 3.05) is 11.9 Å². The number of hydrogen-bond donors (Lipinski definition) is 3. The van der Waals surface area contributed by atoms with Gasteiger partial charge in [0.05, 0.1) is 6.61 Å². The second kappa shape index (κ2) is 11.8. The molecule has 1 aromatic heterocycles. The Balaban J connectivity index is 1.32. The average Bonchev–Trinajstić information content (AvgIpc) is 3.39. The smallest absolute Gasteiger partial charge is 0.351 e. The van der Waals surface area contributed by atoms with Crippen molar-refractivity contribution < 1.29 is 29.2 Å². The third-order valence-corrected chi connectivity index (χ3v) is 8.12. The molecular formula is C35H29N3O7. The number of para-hydroxylation sites is 2. The summed E-state index contributed by atoms with van der Waals surface area (Å²) in [6, 6.07) is 34.6. The summed E-state index contributed by atoms with van der Waals surface area (Å²) in [7, 11) is 0. The van der Waals surface area contributed by atoms with E-state index in [1.807, 2.05) is 78.9 Å². The van der Waals surface area contributed by atoms with E-state index in [1.54, 1.807) is 30.3 Å². The minimum Gasteiger partial charge on any atom is -0.457 e. The summed E-state index contributed by atoms with van der Waals surface area (Å²) >= 11 is 0. The molecule has 45 heavy (non-hydrogen) atoms. The highest BCUT2D eigenvalue weighted by molar-refractivity contribution is 6.03. The number of fused-ring (bicyclic) bond motifs is 2. The molecule has 0 saturated carbocycles. The highest BCUT2D eigenvalue weighted by Gasteiger charge is 2.53. The van der Waals surface area contributed by atoms with Gasteiger partial charge < -0.3 is 29.7 Å². The largest absolute Gasteiger partial charge is 0.457 e. The summed E-state index contributed by atoms with van der Waals surface area (Å²) in [6.45, 7) is -0.514. The lowest BCUT2D eigenvalue weighted by Gasteiger charge is -2.43. The van der Waals surface area contributed by atoms with E-state index >= 15 is 0 Å². The first-order valence-electron chi connectivity index (χ1n) is 14.5. The Morgan fingerprint density at radius 3 is 2.09 bits per heavy atom. The molecule has 3 heterocycles. The zero-order chi connectivity index (χ0) is 31.0. The lowest BCUT2D eigenvalue weighted by Crippen LogP contribution is -2.46. The Hall–Kier alpha value is -5.13. The van der Waals surface area contributed by atoms with E-state index in [0.29, 0.717) is 28.2 Å². The Bertz CT molecular complexity index is 1850. The van der Waals surface area contributed by atoms with Crippen LogP contribution in [0.2, 0.25) is 0 Å². The number of aliphatic hydroxyl groups excluding tert-OH is 2. The molecule has 0 unspecified atom stereocenters. The number of nitrogens with one attached hydrogen (secondary N) is 1. The molecule has 226 valence electrons. The number of anilines is 1. The normalized spacial score (nSPS) is 21.3. The molecule has 1 amide bonds. The molecule has 2 aliphatic rings. The minimum absolute atomic E-state index is 0.0489. The molecular weight excluding hydrogens is 574 g/mol. The standard InChI is InChI=1S/C35H29N3O7/c39-21-28-30(40)31(33(44-28)38-20-19-29(37-34(38)42)36-32(41)22-11-3-1-4-12-22)45-35(23-13-5-2-6-14-23)24-15-7-9-17-26(24)43-27-18-10-8-16-25(27)35/h1-20,28,30-31,33,39-40H,21H2,(H,36,37,41,42)/t28-,30-,31-,33-/m1/s1. The van der Waals surface area contributed by atoms with Crippen LogP contribution in [0, 0.1) is 0 Å². The van der Waals surface area contributed by atoms with Crippen molar-refractivity contribution in [3.05, 3.63) is 154 Å². The third kappa shape index (κ3) is 4.99. The van der Waals surface area contributed by atoms with E-state index < -0.39 is 48.3 Å². The van der Waals surface area contributed by atoms with Crippen molar-refractivity contribution in [3.8, 4) is 11.5 Å². The van der Waals surface area contributed by atoms with Crippen LogP contribution in [-0.2, 0) is 15.1 Å². The number of nitrogens with zero attached hydrogens (tertiary/aromatic N) is 2. The van der Waals surface area contributed by atoms with Gasteiger partial charge in [0, 0.05) is 22.9 Å². The van der Waals surface area contributed by atoms with Gasteiger partial charge in [-0.2, -0.15) is 4.98 Å². The molecule has 1 saturated heterocycles. The van der Waals surface area contributed by atoms with E-state index in [9.17, 15) is 19.8 Å². The molecule has 4 atom stereocenters. The zero-order valence-electron chi connectivity index (χ0n) is 23.9. The highest BCUT2D eigenvalue weighted by atomic mass is 16.6. The number of carbonyl (C=O) groups is 1. The maximum atomic E-state index is 13.4. The number of aliphatic hydroxyl groups is 2. The maximum absolute atomic E-state index is 13.4. The second-order valence-electron chi connectivity index (χ2n) is 10.8. The van der Waals surface area contributed by atoms with Gasteiger partial charge in [0.2, 0.25) is 0 Å². The van der Waals surface area contributed by atoms with Crippen LogP contribution in [-0.4, -0.2) is 50.6 Å². The van der Waals surface area contributed by atoms with Gasteiger partial charge in [-0.3, -0.25) is 9.36 Å². The van der Waals surface area contributed by atoms with Crippen LogP contribution >= 0.6 is 0 Å². The summed E-state index contributed by atoms with van der Waals surface area (Å²) in [5.74, 6) is 0.769. The van der Waals surface area contributed by atoms with Crippen molar-refractivity contribution >= 4 is 11.7 Å². The van der Waals surface area contributed by atoms with Crippen molar-refractivity contribution in [3.63, 3.8) is 0 Å². The predicted molar refractivity (Wildman–Crippen MR) is 164 cm³/mol. The van der Waals surface area contributed by atoms with Crippen molar-refractivity contribution in [1.82, 2.24) is 9.55 Å². The lowest BCUT2D eigenvalue weighted by atomic mass is 9.77. The van der Waals surface area contributed by atoms with Crippen molar-refractivity contribution in [2.24, 2.45) is 0 Å². The zero-order valence-corrected chi connectivity index (χ0v) is 23.9. The number of hydrogen-bond acceptors (Lipinski definition) is 8. The average molecular weight is 604 g/mol. The van der Waals surface area contributed by atoms with E-state index in [4.69, 9.17) is 14.2 Å². The molecule has 5 aromatic rings. The Labute approximate surface area is 258 Å². The number of amides is 1. The predicted octanol–water partition coefficient (Wildman–Crippen LogP) is 4.23. The van der Waals surface area contributed by atoms with Gasteiger partial charge in [-0.25, -0.2) is 4.79 Å². The van der Waals surface area contributed by atoms with Crippen LogP contribution in [0.4, 0.5) is 5.82 Å². The van der Waals surface area contributed by atoms with Crippen LogP contribution in [0.15, 0.2) is 126 Å². The fourth-order valence-corrected chi connectivity index (χ4v) is 6.01. The van der Waals surface area contributed by atoms with Crippen LogP contribution in [0.25, 0.3) is 0 Å². The number of rotatable bonds is 7. The van der Waals surface area contributed by atoms with Crippen LogP contribution < -0.4 is 15.7 Å². The van der Waals surface area contributed by atoms with E-state index in [2.05, 4.69) is 10.3 Å². The summed E-state index contributed by atoms with van der Waals surface area (Å²) < 4.78 is 20.6. The van der Waals surface area contributed by atoms with Gasteiger partial charge >= 0.3 is 5.69 Å². The molecule has 0 radical (unpaired) electrons. The number of aromatic nitrogens is 2. The molecule has 7 rings (SSSR count). The fraction of sp³-hybridized carbons (Fsp3) is 0.171. The van der Waals surface area contributed by atoms with Crippen LogP contribution in [0.1, 0.15) is 33.3 Å². The maximum Gasteiger partial charge on any atom is 0.351 e. The number of ether oxygens (including phenoxy) is 3. The number of carbonyl (C=O) groups excluding carboxylic acids is 1. The molecule has 0 spiro atoms. The molecule has 4 aromatic carbocycles. The van der Waals surface area contributed by atoms with Gasteiger partial charge in [0.15, 0.2) is 11.8 Å². The lowest BCUT2D eigenvalue weighted by molar-refractivity contribution is -0.126. The minimum atomic E-state index is -1.33.